The normalized spacial score (nSPS) is 12.2. The molecule has 106 valence electrons. The summed E-state index contributed by atoms with van der Waals surface area (Å²) in [5, 5.41) is 4.10. The predicted molar refractivity (Wildman–Crippen MR) is 86.0 cm³/mol. The maximum atomic E-state index is 13.3. The molecule has 1 atom stereocenters. The SMILES string of the molecule is NCC(Nc1cc(F)cc(Cl)c1)c1cc(Cl)ccc1Br. The Balaban J connectivity index is 2.31. The zero-order valence-corrected chi connectivity index (χ0v) is 13.4. The first kappa shape index (κ1) is 15.6. The number of hydrogen-bond acceptors (Lipinski definition) is 2. The molecule has 0 aliphatic carbocycles. The highest BCUT2D eigenvalue weighted by molar-refractivity contribution is 9.10. The highest BCUT2D eigenvalue weighted by Gasteiger charge is 2.14. The number of nitrogens with two attached hydrogens (primary N) is 1. The van der Waals surface area contributed by atoms with Crippen LogP contribution in [0, 0.1) is 5.82 Å². The molecular weight excluding hydrogens is 366 g/mol. The lowest BCUT2D eigenvalue weighted by atomic mass is 10.1. The molecular formula is C14H12BrCl2FN2. The van der Waals surface area contributed by atoms with E-state index in [4.69, 9.17) is 28.9 Å². The van der Waals surface area contributed by atoms with Crippen molar-refractivity contribution in [3.63, 3.8) is 0 Å². The molecule has 2 nitrogen and oxygen atoms in total. The van der Waals surface area contributed by atoms with Crippen LogP contribution >= 0.6 is 39.1 Å². The number of halogens is 4. The minimum atomic E-state index is -0.402. The third kappa shape index (κ3) is 3.85. The van der Waals surface area contributed by atoms with Crippen molar-refractivity contribution < 1.29 is 4.39 Å². The Bertz CT molecular complexity index is 602. The zero-order chi connectivity index (χ0) is 14.7. The minimum Gasteiger partial charge on any atom is -0.377 e. The summed E-state index contributed by atoms with van der Waals surface area (Å²) >= 11 is 15.3. The van der Waals surface area contributed by atoms with Crippen LogP contribution in [0.1, 0.15) is 11.6 Å². The highest BCUT2D eigenvalue weighted by Crippen LogP contribution is 2.29. The predicted octanol–water partition coefficient (Wildman–Crippen LogP) is 5.01. The molecule has 1 unspecified atom stereocenters. The van der Waals surface area contributed by atoms with Crippen LogP contribution in [0.25, 0.3) is 0 Å². The molecule has 2 rings (SSSR count). The van der Waals surface area contributed by atoms with Crippen LogP contribution in [-0.2, 0) is 0 Å². The lowest BCUT2D eigenvalue weighted by Crippen LogP contribution is -2.21. The second-order valence-corrected chi connectivity index (χ2v) is 5.98. The molecule has 0 heterocycles. The van der Waals surface area contributed by atoms with E-state index in [1.54, 1.807) is 12.1 Å². The van der Waals surface area contributed by atoms with Gasteiger partial charge in [0.2, 0.25) is 0 Å². The van der Waals surface area contributed by atoms with Gasteiger partial charge in [-0.1, -0.05) is 39.1 Å². The molecule has 0 radical (unpaired) electrons. The number of anilines is 1. The number of nitrogens with one attached hydrogen (secondary N) is 1. The highest BCUT2D eigenvalue weighted by atomic mass is 79.9. The van der Waals surface area contributed by atoms with Crippen LogP contribution in [0.3, 0.4) is 0 Å². The van der Waals surface area contributed by atoms with Crippen molar-refractivity contribution in [2.45, 2.75) is 6.04 Å². The second-order valence-electron chi connectivity index (χ2n) is 4.26. The van der Waals surface area contributed by atoms with E-state index in [9.17, 15) is 4.39 Å². The molecule has 0 bridgehead atoms. The van der Waals surface area contributed by atoms with E-state index in [0.29, 0.717) is 22.3 Å². The molecule has 0 aliphatic rings. The third-order valence-corrected chi connectivity index (χ3v) is 3.95. The molecule has 3 N–H and O–H groups in total. The fraction of sp³-hybridized carbons (Fsp3) is 0.143. The standard InChI is InChI=1S/C14H12BrCl2FN2/c15-13-2-1-8(16)5-12(13)14(7-19)20-11-4-9(17)3-10(18)6-11/h1-6,14,20H,7,19H2. The molecule has 2 aromatic rings. The molecule has 20 heavy (non-hydrogen) atoms. The van der Waals surface area contributed by atoms with Crippen LogP contribution < -0.4 is 11.1 Å². The van der Waals surface area contributed by atoms with Crippen molar-refractivity contribution in [3.8, 4) is 0 Å². The largest absolute Gasteiger partial charge is 0.377 e. The monoisotopic (exact) mass is 376 g/mol. The summed E-state index contributed by atoms with van der Waals surface area (Å²) in [6.07, 6.45) is 0. The maximum Gasteiger partial charge on any atom is 0.126 e. The molecule has 0 saturated heterocycles. The first-order valence-electron chi connectivity index (χ1n) is 5.87. The van der Waals surface area contributed by atoms with Gasteiger partial charge in [0, 0.05) is 26.8 Å². The van der Waals surface area contributed by atoms with Gasteiger partial charge < -0.3 is 11.1 Å². The minimum absolute atomic E-state index is 0.207. The maximum absolute atomic E-state index is 13.3. The van der Waals surface area contributed by atoms with Crippen molar-refractivity contribution in [1.29, 1.82) is 0 Å². The Morgan fingerprint density at radius 3 is 2.55 bits per heavy atom. The summed E-state index contributed by atoms with van der Waals surface area (Å²) in [6.45, 7) is 0.326. The van der Waals surface area contributed by atoms with Gasteiger partial charge in [-0.15, -0.1) is 0 Å². The third-order valence-electron chi connectivity index (χ3n) is 2.77. The smallest absolute Gasteiger partial charge is 0.126 e. The summed E-state index contributed by atoms with van der Waals surface area (Å²) in [6, 6.07) is 9.50. The molecule has 0 saturated carbocycles. The topological polar surface area (TPSA) is 38.0 Å². The van der Waals surface area contributed by atoms with E-state index >= 15 is 0 Å². The van der Waals surface area contributed by atoms with Crippen molar-refractivity contribution in [1.82, 2.24) is 0 Å². The van der Waals surface area contributed by atoms with Crippen LogP contribution in [0.2, 0.25) is 10.0 Å². The Kier molecular flexibility index (Phi) is 5.27. The fourth-order valence-corrected chi connectivity index (χ4v) is 2.81. The van der Waals surface area contributed by atoms with Crippen LogP contribution in [0.15, 0.2) is 40.9 Å². The van der Waals surface area contributed by atoms with Gasteiger partial charge in [-0.05, 0) is 42.0 Å². The second kappa shape index (κ2) is 6.76. The van der Waals surface area contributed by atoms with Gasteiger partial charge in [0.1, 0.15) is 5.82 Å². The molecule has 0 amide bonds. The van der Waals surface area contributed by atoms with E-state index in [1.807, 2.05) is 12.1 Å². The number of benzene rings is 2. The van der Waals surface area contributed by atoms with Crippen LogP contribution in [0.4, 0.5) is 10.1 Å². The Morgan fingerprint density at radius 1 is 1.15 bits per heavy atom. The zero-order valence-electron chi connectivity index (χ0n) is 10.3. The van der Waals surface area contributed by atoms with E-state index < -0.39 is 5.82 Å². The molecule has 0 fully saturated rings. The number of rotatable bonds is 4. The van der Waals surface area contributed by atoms with Crippen molar-refractivity contribution >= 4 is 44.8 Å². The van der Waals surface area contributed by atoms with Crippen molar-refractivity contribution in [2.75, 3.05) is 11.9 Å². The molecule has 2 aromatic carbocycles. The Labute approximate surface area is 135 Å². The van der Waals surface area contributed by atoms with Crippen molar-refractivity contribution in [2.24, 2.45) is 5.73 Å². The molecule has 0 aromatic heterocycles. The van der Waals surface area contributed by atoms with Gasteiger partial charge in [-0.25, -0.2) is 4.39 Å². The lowest BCUT2D eigenvalue weighted by molar-refractivity contribution is 0.627. The van der Waals surface area contributed by atoms with Gasteiger partial charge >= 0.3 is 0 Å². The van der Waals surface area contributed by atoms with Gasteiger partial charge in [0.25, 0.3) is 0 Å². The van der Waals surface area contributed by atoms with Crippen LogP contribution in [0.5, 0.6) is 0 Å². The van der Waals surface area contributed by atoms with E-state index in [1.165, 1.54) is 12.1 Å². The number of hydrogen-bond donors (Lipinski definition) is 2. The van der Waals surface area contributed by atoms with E-state index in [0.717, 1.165) is 10.0 Å². The van der Waals surface area contributed by atoms with Gasteiger partial charge in [-0.3, -0.25) is 0 Å². The average molecular weight is 378 g/mol. The van der Waals surface area contributed by atoms with Crippen molar-refractivity contribution in [3.05, 3.63) is 62.3 Å². The fourth-order valence-electron chi connectivity index (χ4n) is 1.88. The van der Waals surface area contributed by atoms with E-state index in [2.05, 4.69) is 21.2 Å². The first-order valence-corrected chi connectivity index (χ1v) is 7.42. The molecule has 0 aliphatic heterocycles. The Morgan fingerprint density at radius 2 is 1.90 bits per heavy atom. The summed E-state index contributed by atoms with van der Waals surface area (Å²) in [4.78, 5) is 0. The van der Waals surface area contributed by atoms with Gasteiger partial charge in [0.05, 0.1) is 6.04 Å². The quantitative estimate of drug-likeness (QED) is 0.786. The Hall–Kier alpha value is -0.810. The summed E-state index contributed by atoms with van der Waals surface area (Å²) in [7, 11) is 0. The summed E-state index contributed by atoms with van der Waals surface area (Å²) in [5.41, 5.74) is 7.26. The van der Waals surface area contributed by atoms with Gasteiger partial charge in [0.15, 0.2) is 0 Å². The first-order chi connectivity index (χ1) is 9.49. The van der Waals surface area contributed by atoms with Crippen LogP contribution in [-0.4, -0.2) is 6.54 Å². The molecule has 6 heteroatoms. The van der Waals surface area contributed by atoms with Gasteiger partial charge in [-0.2, -0.15) is 0 Å². The molecule has 0 spiro atoms. The van der Waals surface area contributed by atoms with E-state index in [-0.39, 0.29) is 6.04 Å². The summed E-state index contributed by atoms with van der Waals surface area (Å²) < 4.78 is 14.2. The lowest BCUT2D eigenvalue weighted by Gasteiger charge is -2.20. The average Bonchev–Trinajstić information content (AvgIpc) is 2.38. The summed E-state index contributed by atoms with van der Waals surface area (Å²) in [5.74, 6) is -0.402.